The largest absolute Gasteiger partial charge is 0.193 e. The molecule has 0 saturated carbocycles. The number of unbranched alkanes of at least 4 members (excludes halogenated alkanes) is 3. The Morgan fingerprint density at radius 2 is 1.71 bits per heavy atom. The fourth-order valence-electron chi connectivity index (χ4n) is 1.02. The molecule has 0 aromatic heterocycles. The molecular formula is C13H19N. The second kappa shape index (κ2) is 11.7. The molecule has 0 bridgehead atoms. The van der Waals surface area contributed by atoms with Gasteiger partial charge in [0.25, 0.3) is 0 Å². The third-order valence-corrected chi connectivity index (χ3v) is 1.81. The maximum absolute atomic E-state index is 8.21. The summed E-state index contributed by atoms with van der Waals surface area (Å²) < 4.78 is 0. The van der Waals surface area contributed by atoms with E-state index in [1.165, 1.54) is 25.3 Å². The lowest BCUT2D eigenvalue weighted by atomic mass is 10.2. The number of nitriles is 1. The molecule has 0 aliphatic rings. The van der Waals surface area contributed by atoms with Crippen LogP contribution in [-0.4, -0.2) is 0 Å². The van der Waals surface area contributed by atoms with Crippen LogP contribution in [0.3, 0.4) is 0 Å². The first kappa shape index (κ1) is 12.7. The molecule has 0 aliphatic heterocycles. The average molecular weight is 189 g/mol. The summed E-state index contributed by atoms with van der Waals surface area (Å²) >= 11 is 0. The molecule has 0 aromatic carbocycles. The number of rotatable bonds is 7. The lowest BCUT2D eigenvalue weighted by molar-refractivity contribution is 0.811. The van der Waals surface area contributed by atoms with Gasteiger partial charge in [-0.25, -0.2) is 0 Å². The molecule has 76 valence electrons. The van der Waals surface area contributed by atoms with Gasteiger partial charge in [0.05, 0.1) is 6.07 Å². The van der Waals surface area contributed by atoms with Crippen molar-refractivity contribution < 1.29 is 0 Å². The summed E-state index contributed by atoms with van der Waals surface area (Å²) in [7, 11) is 0. The van der Waals surface area contributed by atoms with Crippen LogP contribution in [0.4, 0.5) is 0 Å². The minimum absolute atomic E-state index is 1.05. The Balaban J connectivity index is 3.29. The SMILES string of the molecule is CCCC/C=C/CC/C=C/C=C/C#N. The van der Waals surface area contributed by atoms with Gasteiger partial charge in [0.15, 0.2) is 0 Å². The van der Waals surface area contributed by atoms with Crippen LogP contribution in [0, 0.1) is 11.3 Å². The van der Waals surface area contributed by atoms with Gasteiger partial charge in [0, 0.05) is 6.08 Å². The van der Waals surface area contributed by atoms with Gasteiger partial charge in [-0.3, -0.25) is 0 Å². The van der Waals surface area contributed by atoms with E-state index in [1.54, 1.807) is 6.08 Å². The van der Waals surface area contributed by atoms with E-state index in [0.29, 0.717) is 0 Å². The summed E-state index contributed by atoms with van der Waals surface area (Å²) in [6.45, 7) is 2.21. The second-order valence-electron chi connectivity index (χ2n) is 3.11. The molecule has 0 rings (SSSR count). The van der Waals surface area contributed by atoms with Crippen molar-refractivity contribution in [2.24, 2.45) is 0 Å². The van der Waals surface area contributed by atoms with Gasteiger partial charge in [-0.15, -0.1) is 0 Å². The van der Waals surface area contributed by atoms with E-state index in [-0.39, 0.29) is 0 Å². The highest BCUT2D eigenvalue weighted by atomic mass is 14.2. The average Bonchev–Trinajstić information content (AvgIpc) is 2.21. The predicted molar refractivity (Wildman–Crippen MR) is 61.8 cm³/mol. The Morgan fingerprint density at radius 3 is 2.43 bits per heavy atom. The number of allylic oxidation sites excluding steroid dienone is 6. The molecule has 0 radical (unpaired) electrons. The van der Waals surface area contributed by atoms with Crippen LogP contribution in [0.2, 0.25) is 0 Å². The third-order valence-electron chi connectivity index (χ3n) is 1.81. The highest BCUT2D eigenvalue weighted by Gasteiger charge is 1.78. The van der Waals surface area contributed by atoms with Crippen LogP contribution < -0.4 is 0 Å². The molecule has 0 atom stereocenters. The van der Waals surface area contributed by atoms with E-state index >= 15 is 0 Å². The van der Waals surface area contributed by atoms with Crippen molar-refractivity contribution in [3.05, 3.63) is 36.5 Å². The van der Waals surface area contributed by atoms with Crippen LogP contribution in [0.1, 0.15) is 39.0 Å². The van der Waals surface area contributed by atoms with Gasteiger partial charge in [-0.05, 0) is 19.3 Å². The first-order valence-corrected chi connectivity index (χ1v) is 5.28. The number of hydrogen-bond acceptors (Lipinski definition) is 1. The van der Waals surface area contributed by atoms with Crippen LogP contribution in [-0.2, 0) is 0 Å². The molecule has 14 heavy (non-hydrogen) atoms. The predicted octanol–water partition coefficient (Wildman–Crippen LogP) is 4.15. The minimum atomic E-state index is 1.05. The number of nitrogens with zero attached hydrogens (tertiary/aromatic N) is 1. The van der Waals surface area contributed by atoms with Crippen LogP contribution >= 0.6 is 0 Å². The Labute approximate surface area is 87.4 Å². The first-order valence-electron chi connectivity index (χ1n) is 5.28. The zero-order chi connectivity index (χ0) is 10.5. The van der Waals surface area contributed by atoms with Crippen molar-refractivity contribution in [2.75, 3.05) is 0 Å². The molecular weight excluding hydrogens is 170 g/mol. The highest BCUT2D eigenvalue weighted by Crippen LogP contribution is 1.98. The maximum atomic E-state index is 8.21. The Bertz CT molecular complexity index is 228. The Kier molecular flexibility index (Phi) is 10.6. The lowest BCUT2D eigenvalue weighted by Gasteiger charge is -1.88. The second-order valence-corrected chi connectivity index (χ2v) is 3.11. The monoisotopic (exact) mass is 189 g/mol. The molecule has 0 N–H and O–H groups in total. The Morgan fingerprint density at radius 1 is 1.00 bits per heavy atom. The summed E-state index contributed by atoms with van der Waals surface area (Å²) in [5.41, 5.74) is 0. The standard InChI is InChI=1S/C13H19N/c1-2-3-4-5-6-7-8-9-10-11-12-13-14/h5-6,9-12H,2-4,7-8H2,1H3/b6-5+,10-9+,12-11+. The van der Waals surface area contributed by atoms with Crippen LogP contribution in [0.5, 0.6) is 0 Å². The van der Waals surface area contributed by atoms with E-state index in [2.05, 4.69) is 25.2 Å². The summed E-state index contributed by atoms with van der Waals surface area (Å²) in [5, 5.41) is 8.21. The minimum Gasteiger partial charge on any atom is -0.193 e. The van der Waals surface area contributed by atoms with Crippen molar-refractivity contribution in [1.29, 1.82) is 5.26 Å². The molecule has 0 unspecified atom stereocenters. The fourth-order valence-corrected chi connectivity index (χ4v) is 1.02. The van der Waals surface area contributed by atoms with E-state index in [0.717, 1.165) is 12.8 Å². The zero-order valence-corrected chi connectivity index (χ0v) is 8.95. The van der Waals surface area contributed by atoms with Crippen molar-refractivity contribution in [2.45, 2.75) is 39.0 Å². The molecule has 0 amide bonds. The molecule has 0 fully saturated rings. The van der Waals surface area contributed by atoms with Gasteiger partial charge >= 0.3 is 0 Å². The molecule has 0 spiro atoms. The summed E-state index contributed by atoms with van der Waals surface area (Å²) in [6, 6.07) is 1.95. The summed E-state index contributed by atoms with van der Waals surface area (Å²) in [5.74, 6) is 0. The molecule has 1 heteroatoms. The lowest BCUT2D eigenvalue weighted by Crippen LogP contribution is -1.68. The van der Waals surface area contributed by atoms with Crippen LogP contribution in [0.25, 0.3) is 0 Å². The van der Waals surface area contributed by atoms with E-state index < -0.39 is 0 Å². The van der Waals surface area contributed by atoms with E-state index in [1.807, 2.05) is 12.1 Å². The first-order chi connectivity index (χ1) is 6.91. The maximum Gasteiger partial charge on any atom is 0.0912 e. The van der Waals surface area contributed by atoms with Gasteiger partial charge in [-0.1, -0.05) is 50.1 Å². The van der Waals surface area contributed by atoms with Crippen molar-refractivity contribution in [3.8, 4) is 6.07 Å². The Hall–Kier alpha value is -1.29. The fraction of sp³-hybridized carbons (Fsp3) is 0.462. The molecule has 0 saturated heterocycles. The van der Waals surface area contributed by atoms with E-state index in [9.17, 15) is 0 Å². The van der Waals surface area contributed by atoms with Gasteiger partial charge in [0.2, 0.25) is 0 Å². The molecule has 0 aliphatic carbocycles. The molecule has 0 heterocycles. The smallest absolute Gasteiger partial charge is 0.0912 e. The molecule has 0 aromatic rings. The van der Waals surface area contributed by atoms with E-state index in [4.69, 9.17) is 5.26 Å². The summed E-state index contributed by atoms with van der Waals surface area (Å²) in [6.07, 6.45) is 17.6. The normalized spacial score (nSPS) is 11.7. The van der Waals surface area contributed by atoms with Gasteiger partial charge in [0.1, 0.15) is 0 Å². The van der Waals surface area contributed by atoms with Crippen LogP contribution in [0.15, 0.2) is 36.5 Å². The van der Waals surface area contributed by atoms with Gasteiger partial charge < -0.3 is 0 Å². The third kappa shape index (κ3) is 10.7. The summed E-state index contributed by atoms with van der Waals surface area (Å²) in [4.78, 5) is 0. The topological polar surface area (TPSA) is 23.8 Å². The number of hydrogen-bond donors (Lipinski definition) is 0. The zero-order valence-electron chi connectivity index (χ0n) is 8.95. The van der Waals surface area contributed by atoms with Crippen molar-refractivity contribution in [3.63, 3.8) is 0 Å². The quantitative estimate of drug-likeness (QED) is 0.255. The van der Waals surface area contributed by atoms with Crippen molar-refractivity contribution >= 4 is 0 Å². The molecule has 1 nitrogen and oxygen atoms in total. The highest BCUT2D eigenvalue weighted by molar-refractivity contribution is 5.11. The van der Waals surface area contributed by atoms with Gasteiger partial charge in [-0.2, -0.15) is 5.26 Å². The van der Waals surface area contributed by atoms with Crippen molar-refractivity contribution in [1.82, 2.24) is 0 Å².